The molecule has 3 N–H and O–H groups in total. The zero-order valence-electron chi connectivity index (χ0n) is 12.6. The van der Waals surface area contributed by atoms with Crippen molar-refractivity contribution >= 4 is 23.3 Å². The number of primary amides is 1. The molecule has 2 rings (SSSR count). The molecule has 6 nitrogen and oxygen atoms in total. The summed E-state index contributed by atoms with van der Waals surface area (Å²) in [5.74, 6) is 5.09. The number of nitrogens with two attached hydrogens (primary N) is 1. The second kappa shape index (κ2) is 8.06. The van der Waals surface area contributed by atoms with E-state index in [4.69, 9.17) is 5.73 Å². The molecule has 0 aliphatic rings. The highest BCUT2D eigenvalue weighted by Gasteiger charge is 2.14. The third-order valence-electron chi connectivity index (χ3n) is 2.99. The first kappa shape index (κ1) is 16.6. The zero-order chi connectivity index (χ0) is 16.7. The van der Waals surface area contributed by atoms with Gasteiger partial charge in [0.15, 0.2) is 0 Å². The quantitative estimate of drug-likeness (QED) is 0.810. The van der Waals surface area contributed by atoms with Crippen LogP contribution in [-0.4, -0.2) is 27.9 Å². The smallest absolute Gasteiger partial charge is 0.265 e. The zero-order valence-corrected chi connectivity index (χ0v) is 13.4. The Hall–Kier alpha value is -2.72. The van der Waals surface area contributed by atoms with Crippen molar-refractivity contribution in [2.45, 2.75) is 19.8 Å². The summed E-state index contributed by atoms with van der Waals surface area (Å²) in [5, 5.41) is 6.69. The summed E-state index contributed by atoms with van der Waals surface area (Å²) in [4.78, 5) is 23.5. The van der Waals surface area contributed by atoms with Crippen molar-refractivity contribution in [1.82, 2.24) is 14.9 Å². The summed E-state index contributed by atoms with van der Waals surface area (Å²) in [6, 6.07) is 6.65. The van der Waals surface area contributed by atoms with Gasteiger partial charge in [-0.15, -0.1) is 5.10 Å². The Bertz CT molecular complexity index is 756. The molecule has 0 fully saturated rings. The van der Waals surface area contributed by atoms with E-state index in [0.29, 0.717) is 10.4 Å². The Morgan fingerprint density at radius 2 is 2.04 bits per heavy atom. The highest BCUT2D eigenvalue weighted by molar-refractivity contribution is 7.08. The van der Waals surface area contributed by atoms with Gasteiger partial charge in [-0.25, -0.2) is 0 Å². The molecule has 0 spiro atoms. The molecule has 7 heteroatoms. The summed E-state index contributed by atoms with van der Waals surface area (Å²) in [6.07, 6.45) is 1.64. The van der Waals surface area contributed by atoms with Crippen molar-refractivity contribution in [1.29, 1.82) is 0 Å². The number of rotatable bonds is 5. The fraction of sp³-hybridized carbons (Fsp3) is 0.250. The maximum absolute atomic E-state index is 12.0. The first-order valence-electron chi connectivity index (χ1n) is 7.10. The third kappa shape index (κ3) is 4.63. The Labute approximate surface area is 138 Å². The molecule has 0 unspecified atom stereocenters. The number of nitrogens with one attached hydrogen (secondary N) is 1. The number of carbonyl (C=O) groups is 2. The van der Waals surface area contributed by atoms with Gasteiger partial charge >= 0.3 is 0 Å². The lowest BCUT2D eigenvalue weighted by Crippen LogP contribution is -2.23. The van der Waals surface area contributed by atoms with E-state index >= 15 is 0 Å². The van der Waals surface area contributed by atoms with Crippen LogP contribution in [0.4, 0.5) is 0 Å². The standard InChI is InChI=1S/C16H16N4O2S/c1-2-4-13-14(23-20-19-13)16(22)18-10-3-5-11-6-8-12(9-7-11)15(17)21/h6-9H,2,4,10H2,1H3,(H2,17,21)(H,18,22). The molecular formula is C16H16N4O2S. The SMILES string of the molecule is CCCc1nnsc1C(=O)NCC#Cc1ccc(C(N)=O)cc1. The van der Waals surface area contributed by atoms with Gasteiger partial charge in [0.2, 0.25) is 5.91 Å². The maximum atomic E-state index is 12.0. The van der Waals surface area contributed by atoms with Gasteiger partial charge < -0.3 is 11.1 Å². The van der Waals surface area contributed by atoms with E-state index in [2.05, 4.69) is 26.7 Å². The summed E-state index contributed by atoms with van der Waals surface area (Å²) in [5.41, 5.74) is 7.07. The van der Waals surface area contributed by atoms with Gasteiger partial charge in [0.25, 0.3) is 5.91 Å². The van der Waals surface area contributed by atoms with Crippen LogP contribution < -0.4 is 11.1 Å². The molecule has 0 aliphatic carbocycles. The first-order chi connectivity index (χ1) is 11.1. The third-order valence-corrected chi connectivity index (χ3v) is 3.76. The molecule has 0 saturated heterocycles. The van der Waals surface area contributed by atoms with E-state index in [-0.39, 0.29) is 12.5 Å². The Morgan fingerprint density at radius 1 is 1.30 bits per heavy atom. The average molecular weight is 328 g/mol. The number of aromatic nitrogens is 2. The number of amides is 2. The van der Waals surface area contributed by atoms with Gasteiger partial charge in [0.1, 0.15) is 4.88 Å². The van der Waals surface area contributed by atoms with Crippen molar-refractivity contribution in [2.24, 2.45) is 5.73 Å². The molecule has 0 atom stereocenters. The molecule has 2 amide bonds. The maximum Gasteiger partial charge on any atom is 0.265 e. The number of hydrogen-bond acceptors (Lipinski definition) is 5. The van der Waals surface area contributed by atoms with E-state index in [0.717, 1.165) is 35.6 Å². The van der Waals surface area contributed by atoms with E-state index < -0.39 is 5.91 Å². The molecule has 1 aromatic heterocycles. The second-order valence-electron chi connectivity index (χ2n) is 4.72. The minimum absolute atomic E-state index is 0.207. The number of carbonyl (C=O) groups excluding carboxylic acids is 2. The lowest BCUT2D eigenvalue weighted by atomic mass is 10.1. The summed E-state index contributed by atoms with van der Waals surface area (Å²) in [6.45, 7) is 2.25. The molecule has 118 valence electrons. The van der Waals surface area contributed by atoms with Crippen molar-refractivity contribution in [3.8, 4) is 11.8 Å². The van der Waals surface area contributed by atoms with Crippen molar-refractivity contribution in [3.05, 3.63) is 46.0 Å². The lowest BCUT2D eigenvalue weighted by Gasteiger charge is -1.99. The molecular weight excluding hydrogens is 312 g/mol. The largest absolute Gasteiger partial charge is 0.366 e. The minimum atomic E-state index is -0.474. The average Bonchev–Trinajstić information content (AvgIpc) is 3.00. The predicted molar refractivity (Wildman–Crippen MR) is 88.1 cm³/mol. The summed E-state index contributed by atoms with van der Waals surface area (Å²) in [7, 11) is 0. The van der Waals surface area contributed by atoms with Crippen LogP contribution in [0.5, 0.6) is 0 Å². The van der Waals surface area contributed by atoms with Gasteiger partial charge in [0, 0.05) is 11.1 Å². The van der Waals surface area contributed by atoms with Gasteiger partial charge in [0.05, 0.1) is 12.2 Å². The number of benzene rings is 1. The van der Waals surface area contributed by atoms with Gasteiger partial charge in [-0.2, -0.15) is 0 Å². The number of hydrogen-bond donors (Lipinski definition) is 2. The second-order valence-corrected chi connectivity index (χ2v) is 5.48. The highest BCUT2D eigenvalue weighted by atomic mass is 32.1. The predicted octanol–water partition coefficient (Wildman–Crippen LogP) is 1.37. The van der Waals surface area contributed by atoms with Crippen LogP contribution in [0.2, 0.25) is 0 Å². The highest BCUT2D eigenvalue weighted by Crippen LogP contribution is 2.12. The van der Waals surface area contributed by atoms with Crippen LogP contribution in [0.25, 0.3) is 0 Å². The van der Waals surface area contributed by atoms with Crippen molar-refractivity contribution in [3.63, 3.8) is 0 Å². The summed E-state index contributed by atoms with van der Waals surface area (Å²) < 4.78 is 3.82. The van der Waals surface area contributed by atoms with Crippen LogP contribution in [0, 0.1) is 11.8 Å². The fourth-order valence-electron chi connectivity index (χ4n) is 1.85. The lowest BCUT2D eigenvalue weighted by molar-refractivity contribution is 0.0960. The number of nitrogens with zero attached hydrogens (tertiary/aromatic N) is 2. The Morgan fingerprint density at radius 3 is 2.70 bits per heavy atom. The molecule has 0 aliphatic heterocycles. The minimum Gasteiger partial charge on any atom is -0.366 e. The molecule has 0 bridgehead atoms. The summed E-state index contributed by atoms with van der Waals surface area (Å²) >= 11 is 1.09. The van der Waals surface area contributed by atoms with Crippen LogP contribution in [-0.2, 0) is 6.42 Å². The van der Waals surface area contributed by atoms with Crippen molar-refractivity contribution < 1.29 is 9.59 Å². The fourth-order valence-corrected chi connectivity index (χ4v) is 2.47. The van der Waals surface area contributed by atoms with Gasteiger partial charge in [-0.05, 0) is 42.2 Å². The first-order valence-corrected chi connectivity index (χ1v) is 7.87. The molecule has 2 aromatic rings. The van der Waals surface area contributed by atoms with Crippen LogP contribution in [0.15, 0.2) is 24.3 Å². The van der Waals surface area contributed by atoms with Crippen LogP contribution in [0.1, 0.15) is 44.6 Å². The Balaban J connectivity index is 1.91. The Kier molecular flexibility index (Phi) is 5.83. The molecule has 23 heavy (non-hydrogen) atoms. The molecule has 1 aromatic carbocycles. The topological polar surface area (TPSA) is 98.0 Å². The van der Waals surface area contributed by atoms with E-state index in [1.807, 2.05) is 6.92 Å². The monoisotopic (exact) mass is 328 g/mol. The normalized spacial score (nSPS) is 9.78. The molecule has 0 saturated carbocycles. The van der Waals surface area contributed by atoms with Gasteiger partial charge in [-0.1, -0.05) is 29.7 Å². The van der Waals surface area contributed by atoms with E-state index in [1.54, 1.807) is 24.3 Å². The van der Waals surface area contributed by atoms with Crippen LogP contribution in [0.3, 0.4) is 0 Å². The van der Waals surface area contributed by atoms with E-state index in [9.17, 15) is 9.59 Å². The van der Waals surface area contributed by atoms with Gasteiger partial charge in [-0.3, -0.25) is 9.59 Å². The molecule has 0 radical (unpaired) electrons. The van der Waals surface area contributed by atoms with Crippen LogP contribution >= 0.6 is 11.5 Å². The number of aryl methyl sites for hydroxylation is 1. The van der Waals surface area contributed by atoms with E-state index in [1.165, 1.54) is 0 Å². The van der Waals surface area contributed by atoms with Crippen molar-refractivity contribution in [2.75, 3.05) is 6.54 Å². The molecule has 1 heterocycles.